The summed E-state index contributed by atoms with van der Waals surface area (Å²) in [5.41, 5.74) is 24.6. The van der Waals surface area contributed by atoms with Gasteiger partial charge in [-0.05, 0) is 97.0 Å². The summed E-state index contributed by atoms with van der Waals surface area (Å²) < 4.78 is 42.7. The van der Waals surface area contributed by atoms with Gasteiger partial charge >= 0.3 is 11.9 Å². The molecule has 0 fully saturated rings. The van der Waals surface area contributed by atoms with Crippen LogP contribution < -0.4 is 22.6 Å². The van der Waals surface area contributed by atoms with Crippen molar-refractivity contribution in [2.24, 2.45) is 11.5 Å². The van der Waals surface area contributed by atoms with Crippen LogP contribution in [0.3, 0.4) is 0 Å². The highest BCUT2D eigenvalue weighted by atomic mass is 19.1. The monoisotopic (exact) mass is 856 g/mol. The number of esters is 2. The second-order valence-electron chi connectivity index (χ2n) is 17.0. The number of hydrogen-bond acceptors (Lipinski definition) is 11. The Morgan fingerprint density at radius 1 is 0.683 bits per heavy atom. The van der Waals surface area contributed by atoms with E-state index in [1.165, 1.54) is 12.1 Å². The molecule has 6 aromatic rings. The number of carbonyl (C=O) groups is 2. The van der Waals surface area contributed by atoms with Crippen LogP contribution in [-0.2, 0) is 58.2 Å². The maximum atomic E-state index is 14.6. The molecular weight excluding hydrogens is 811 g/mol. The summed E-state index contributed by atoms with van der Waals surface area (Å²) in [5.74, 6) is -2.13. The summed E-state index contributed by atoms with van der Waals surface area (Å²) >= 11 is 0. The number of rotatable bonds is 1. The van der Waals surface area contributed by atoms with Crippen molar-refractivity contribution in [2.45, 2.75) is 117 Å². The maximum absolute atomic E-state index is 14.6. The Hall–Kier alpha value is -6.16. The molecule has 324 valence electrons. The predicted molar refractivity (Wildman–Crippen MR) is 230 cm³/mol. The minimum Gasteiger partial charge on any atom is -0.460 e. The van der Waals surface area contributed by atoms with Crippen LogP contribution in [0.25, 0.3) is 44.6 Å². The fourth-order valence-electron chi connectivity index (χ4n) is 10.7. The third kappa shape index (κ3) is 5.75. The fraction of sp³-hybridized carbons (Fsp3) is 0.375. The zero-order valence-corrected chi connectivity index (χ0v) is 35.6. The quantitative estimate of drug-likeness (QED) is 0.157. The number of aliphatic hydroxyl groups excluding tert-OH is 1. The summed E-state index contributed by atoms with van der Waals surface area (Å²) in [7, 11) is 0. The number of fused-ring (bicyclic) bond motifs is 10. The van der Waals surface area contributed by atoms with Crippen molar-refractivity contribution < 1.29 is 33.0 Å². The molecule has 2 aliphatic carbocycles. The first-order valence-electron chi connectivity index (χ1n) is 21.6. The highest BCUT2D eigenvalue weighted by molar-refractivity contribution is 5.94. The number of nitrogens with two attached hydrogens (primary N) is 2. The molecule has 6 aliphatic rings. The Labute approximate surface area is 359 Å². The van der Waals surface area contributed by atoms with Crippen molar-refractivity contribution in [2.75, 3.05) is 0 Å². The molecule has 0 amide bonds. The molecule has 4 unspecified atom stereocenters. The smallest absolute Gasteiger partial charge is 0.340 e. The molecule has 63 heavy (non-hydrogen) atoms. The Bertz CT molecular complexity index is 3190. The number of cyclic esters (lactones) is 2. The molecule has 8 heterocycles. The van der Waals surface area contributed by atoms with Gasteiger partial charge in [-0.1, -0.05) is 20.8 Å². The molecule has 4 atom stereocenters. The molecule has 12 rings (SSSR count). The molecule has 2 aromatic carbocycles. The molecule has 0 spiro atoms. The molecular formula is C48H46F2N6O7. The van der Waals surface area contributed by atoms with Gasteiger partial charge in [-0.15, -0.1) is 0 Å². The second kappa shape index (κ2) is 14.7. The van der Waals surface area contributed by atoms with Crippen LogP contribution in [0, 0.1) is 25.5 Å². The van der Waals surface area contributed by atoms with E-state index in [0.29, 0.717) is 89.3 Å². The van der Waals surface area contributed by atoms with E-state index in [0.717, 1.165) is 56.1 Å². The van der Waals surface area contributed by atoms with E-state index in [-0.39, 0.29) is 65.1 Å². The SMILES string of the molecule is CC.CCC1C(=O)OCc2c1cc1n(c2=O)Cc2c-1nc1cc(F)c(C)c3c1c2C(N)CC3.Cc1c(F)cc2nc3c(c4c2c1CCC4N)Cn1c-3cc2c(c1=O)COC(=O)C2O. The van der Waals surface area contributed by atoms with Gasteiger partial charge in [-0.25, -0.2) is 23.5 Å². The average molecular weight is 857 g/mol. The fourth-order valence-corrected chi connectivity index (χ4v) is 10.7. The van der Waals surface area contributed by atoms with Crippen molar-refractivity contribution in [3.63, 3.8) is 0 Å². The summed E-state index contributed by atoms with van der Waals surface area (Å²) in [4.78, 5) is 60.1. The number of hydrogen-bond donors (Lipinski definition) is 3. The van der Waals surface area contributed by atoms with Gasteiger partial charge in [0, 0.05) is 51.7 Å². The van der Waals surface area contributed by atoms with E-state index in [9.17, 15) is 33.1 Å². The molecule has 4 aromatic heterocycles. The van der Waals surface area contributed by atoms with E-state index in [1.807, 2.05) is 26.8 Å². The van der Waals surface area contributed by atoms with Crippen LogP contribution in [0.15, 0.2) is 33.9 Å². The number of halogens is 2. The maximum Gasteiger partial charge on any atom is 0.340 e. The molecule has 5 N–H and O–H groups in total. The number of benzene rings is 2. The lowest BCUT2D eigenvalue weighted by molar-refractivity contribution is -0.157. The number of aromatic nitrogens is 4. The van der Waals surface area contributed by atoms with Gasteiger partial charge in [0.1, 0.15) is 24.8 Å². The van der Waals surface area contributed by atoms with Gasteiger partial charge < -0.3 is 35.2 Å². The average Bonchev–Trinajstić information content (AvgIpc) is 3.83. The zero-order valence-electron chi connectivity index (χ0n) is 35.6. The molecule has 0 saturated carbocycles. The molecule has 0 bridgehead atoms. The van der Waals surface area contributed by atoms with Crippen molar-refractivity contribution in [1.29, 1.82) is 0 Å². The lowest BCUT2D eigenvalue weighted by Crippen LogP contribution is -2.32. The van der Waals surface area contributed by atoms with Gasteiger partial charge in [0.05, 0.1) is 63.9 Å². The van der Waals surface area contributed by atoms with Gasteiger partial charge in [-0.3, -0.25) is 14.4 Å². The van der Waals surface area contributed by atoms with Crippen LogP contribution in [0.2, 0.25) is 0 Å². The van der Waals surface area contributed by atoms with Crippen molar-refractivity contribution in [3.05, 3.63) is 123 Å². The summed E-state index contributed by atoms with van der Waals surface area (Å²) in [6.45, 7) is 9.97. The Morgan fingerprint density at radius 2 is 1.13 bits per heavy atom. The number of pyridine rings is 4. The van der Waals surface area contributed by atoms with Gasteiger partial charge in [-0.2, -0.15) is 0 Å². The largest absolute Gasteiger partial charge is 0.460 e. The van der Waals surface area contributed by atoms with Crippen LogP contribution >= 0.6 is 0 Å². The van der Waals surface area contributed by atoms with Crippen molar-refractivity contribution in [1.82, 2.24) is 19.1 Å². The van der Waals surface area contributed by atoms with Crippen LogP contribution in [-0.4, -0.2) is 36.1 Å². The topological polar surface area (TPSA) is 195 Å². The standard InChI is InChI=1S/C24H22FN3O3.C22H18FN3O4.C2H6/c1-3-11-13-6-19-22-14(8-28(19)23(29)15(13)9-31-24(11)30)20-17(26)5-4-12-10(2)16(25)7-18(27-22)21(12)20;1-8-9-2-3-14(24)17-11-6-26-16(19(11)25-15(18(9)17)5-13(8)23)4-10-12(21(26)28)7-30-22(29)20(10)27;1-2/h6-7,11,17H,3-5,8-9,26H2,1-2H3;4-5,14,20,27H,2-3,6-7,24H2,1H3;1-2H3. The number of aliphatic hydroxyl groups is 1. The molecule has 4 aliphatic heterocycles. The highest BCUT2D eigenvalue weighted by Gasteiger charge is 2.39. The second-order valence-corrected chi connectivity index (χ2v) is 17.0. The minimum atomic E-state index is -1.51. The summed E-state index contributed by atoms with van der Waals surface area (Å²) in [6, 6.07) is 5.99. The minimum absolute atomic E-state index is 0.00352. The molecule has 15 heteroatoms. The summed E-state index contributed by atoms with van der Waals surface area (Å²) in [5, 5.41) is 12.1. The Morgan fingerprint density at radius 3 is 1.60 bits per heavy atom. The molecule has 0 radical (unpaired) electrons. The predicted octanol–water partition coefficient (Wildman–Crippen LogP) is 6.30. The van der Waals surface area contributed by atoms with E-state index in [1.54, 1.807) is 29.0 Å². The van der Waals surface area contributed by atoms with Crippen LogP contribution in [0.5, 0.6) is 0 Å². The van der Waals surface area contributed by atoms with E-state index in [2.05, 4.69) is 0 Å². The third-order valence-corrected chi connectivity index (χ3v) is 13.9. The van der Waals surface area contributed by atoms with E-state index in [4.69, 9.17) is 30.9 Å². The lowest BCUT2D eigenvalue weighted by atomic mass is 9.82. The number of carbonyl (C=O) groups excluding carboxylic acids is 2. The van der Waals surface area contributed by atoms with Gasteiger partial charge in [0.2, 0.25) is 0 Å². The zero-order chi connectivity index (χ0) is 44.5. The Kier molecular flexibility index (Phi) is 9.55. The molecule has 0 saturated heterocycles. The van der Waals surface area contributed by atoms with Gasteiger partial charge in [0.15, 0.2) is 6.10 Å². The van der Waals surface area contributed by atoms with Crippen molar-refractivity contribution in [3.8, 4) is 22.8 Å². The van der Waals surface area contributed by atoms with Crippen LogP contribution in [0.1, 0.15) is 131 Å². The summed E-state index contributed by atoms with van der Waals surface area (Å²) in [6.07, 6.45) is 1.85. The normalized spacial score (nSPS) is 20.5. The number of aryl methyl sites for hydroxylation is 2. The lowest BCUT2D eigenvalue weighted by Gasteiger charge is -2.26. The number of ether oxygens (including phenoxy) is 2. The first-order valence-corrected chi connectivity index (χ1v) is 21.6. The van der Waals surface area contributed by atoms with E-state index < -0.39 is 18.0 Å². The van der Waals surface area contributed by atoms with E-state index >= 15 is 0 Å². The third-order valence-electron chi connectivity index (χ3n) is 13.9. The van der Waals surface area contributed by atoms with Crippen LogP contribution in [0.4, 0.5) is 8.78 Å². The first kappa shape index (κ1) is 40.9. The molecule has 13 nitrogen and oxygen atoms in total. The Balaban J connectivity index is 0.000000144. The van der Waals surface area contributed by atoms with Crippen molar-refractivity contribution >= 4 is 33.7 Å². The van der Waals surface area contributed by atoms with Gasteiger partial charge in [0.25, 0.3) is 11.1 Å². The first-order chi connectivity index (χ1) is 30.3. The number of nitrogens with zero attached hydrogens (tertiary/aromatic N) is 4. The highest BCUT2D eigenvalue weighted by Crippen LogP contribution is 2.46.